The maximum atomic E-state index is 12.4. The normalized spacial score (nSPS) is 17.7. The number of pyridine rings is 1. The summed E-state index contributed by atoms with van der Waals surface area (Å²) in [6, 6.07) is 13.9. The van der Waals surface area contributed by atoms with Crippen molar-refractivity contribution < 1.29 is 9.90 Å². The number of amides is 1. The summed E-state index contributed by atoms with van der Waals surface area (Å²) in [6.45, 7) is 8.32. The van der Waals surface area contributed by atoms with Crippen molar-refractivity contribution in [3.05, 3.63) is 53.9 Å². The fourth-order valence-corrected chi connectivity index (χ4v) is 3.76. The number of carbonyl (C=O) groups is 1. The summed E-state index contributed by atoms with van der Waals surface area (Å²) in [5.74, 6) is -0.169. The number of aliphatic hydroxyl groups excluding tert-OH is 1. The summed E-state index contributed by atoms with van der Waals surface area (Å²) >= 11 is 0. The number of β-amino-alcohol motifs (C(OH)–C–C–N with tert-alkyl or cyclic N) is 1. The van der Waals surface area contributed by atoms with Crippen LogP contribution in [0.1, 0.15) is 43.4 Å². The fraction of sp³-hybridized carbons (Fsp3) is 0.391. The number of rotatable bonds is 4. The van der Waals surface area contributed by atoms with Gasteiger partial charge in [0.25, 0.3) is 5.91 Å². The number of benzene rings is 1. The Kier molecular flexibility index (Phi) is 5.15. The number of hydrogen-bond donors (Lipinski definition) is 3. The molecular formula is C23H28N4O2. The van der Waals surface area contributed by atoms with E-state index in [1.807, 2.05) is 39.0 Å². The highest BCUT2D eigenvalue weighted by atomic mass is 16.3. The van der Waals surface area contributed by atoms with Crippen LogP contribution in [0.2, 0.25) is 0 Å². The van der Waals surface area contributed by atoms with Crippen LogP contribution in [-0.2, 0) is 6.54 Å². The minimum atomic E-state index is -0.305. The van der Waals surface area contributed by atoms with Gasteiger partial charge in [0, 0.05) is 47.3 Å². The molecule has 1 saturated heterocycles. The second-order valence-electron chi connectivity index (χ2n) is 8.89. The van der Waals surface area contributed by atoms with Gasteiger partial charge in [0.2, 0.25) is 0 Å². The van der Waals surface area contributed by atoms with Crippen LogP contribution in [0.4, 0.5) is 0 Å². The molecule has 152 valence electrons. The number of aliphatic hydroxyl groups is 1. The predicted molar refractivity (Wildman–Crippen MR) is 115 cm³/mol. The van der Waals surface area contributed by atoms with Crippen LogP contribution in [0.25, 0.3) is 22.2 Å². The zero-order valence-corrected chi connectivity index (χ0v) is 17.2. The van der Waals surface area contributed by atoms with Crippen molar-refractivity contribution in [1.29, 1.82) is 0 Å². The molecule has 0 radical (unpaired) electrons. The van der Waals surface area contributed by atoms with Gasteiger partial charge in [0.1, 0.15) is 5.69 Å². The minimum Gasteiger partial charge on any atom is -0.392 e. The van der Waals surface area contributed by atoms with Crippen molar-refractivity contribution >= 4 is 16.8 Å². The standard InChI is InChI=1S/C23H28N4O2/c1-23(2,3)26-22(29)21-6-4-5-19(25-21)15-7-8-20-16(11-15)12-17(24-20)13-27-10-9-18(28)14-27/h4-8,11-12,18,24,28H,9-10,13-14H2,1-3H3,(H,26,29). The van der Waals surface area contributed by atoms with Crippen molar-refractivity contribution in [2.75, 3.05) is 13.1 Å². The van der Waals surface area contributed by atoms with Gasteiger partial charge in [-0.15, -0.1) is 0 Å². The number of aromatic amines is 1. The summed E-state index contributed by atoms with van der Waals surface area (Å²) in [4.78, 5) is 22.7. The lowest BCUT2D eigenvalue weighted by Crippen LogP contribution is -2.40. The molecule has 0 spiro atoms. The Morgan fingerprint density at radius 3 is 2.83 bits per heavy atom. The average Bonchev–Trinajstić information content (AvgIpc) is 3.25. The molecule has 1 aliphatic heterocycles. The maximum absolute atomic E-state index is 12.4. The van der Waals surface area contributed by atoms with E-state index in [4.69, 9.17) is 0 Å². The highest BCUT2D eigenvalue weighted by molar-refractivity contribution is 5.93. The zero-order valence-electron chi connectivity index (χ0n) is 17.2. The van der Waals surface area contributed by atoms with Gasteiger partial charge >= 0.3 is 0 Å². The SMILES string of the molecule is CC(C)(C)NC(=O)c1cccc(-c2ccc3[nH]c(CN4CCC(O)C4)cc3c2)n1. The summed E-state index contributed by atoms with van der Waals surface area (Å²) in [7, 11) is 0. The molecule has 1 aromatic carbocycles. The van der Waals surface area contributed by atoms with E-state index in [2.05, 4.69) is 38.4 Å². The first-order valence-electron chi connectivity index (χ1n) is 10.1. The van der Waals surface area contributed by atoms with E-state index < -0.39 is 0 Å². The van der Waals surface area contributed by atoms with Crippen molar-refractivity contribution in [2.45, 2.75) is 45.4 Å². The molecule has 2 aromatic heterocycles. The summed E-state index contributed by atoms with van der Waals surface area (Å²) in [5, 5.41) is 13.8. The molecule has 0 bridgehead atoms. The Morgan fingerprint density at radius 1 is 1.28 bits per heavy atom. The van der Waals surface area contributed by atoms with E-state index in [-0.39, 0.29) is 17.6 Å². The smallest absolute Gasteiger partial charge is 0.270 e. The largest absolute Gasteiger partial charge is 0.392 e. The van der Waals surface area contributed by atoms with Gasteiger partial charge < -0.3 is 15.4 Å². The molecule has 6 nitrogen and oxygen atoms in total. The molecule has 0 saturated carbocycles. The first kappa shape index (κ1) is 19.6. The quantitative estimate of drug-likeness (QED) is 0.636. The number of nitrogens with one attached hydrogen (secondary N) is 2. The van der Waals surface area contributed by atoms with E-state index in [1.54, 1.807) is 6.07 Å². The third-order valence-electron chi connectivity index (χ3n) is 5.08. The highest BCUT2D eigenvalue weighted by Gasteiger charge is 2.20. The number of aromatic nitrogens is 2. The van der Waals surface area contributed by atoms with Crippen molar-refractivity contribution in [3.8, 4) is 11.3 Å². The molecule has 1 fully saturated rings. The topological polar surface area (TPSA) is 81.2 Å². The molecule has 1 amide bonds. The van der Waals surface area contributed by atoms with E-state index in [9.17, 15) is 9.90 Å². The summed E-state index contributed by atoms with van der Waals surface area (Å²) < 4.78 is 0. The number of likely N-dealkylation sites (tertiary alicyclic amines) is 1. The molecule has 1 atom stereocenters. The van der Waals surface area contributed by atoms with Gasteiger partial charge in [-0.05, 0) is 57.5 Å². The maximum Gasteiger partial charge on any atom is 0.270 e. The predicted octanol–water partition coefficient (Wildman–Crippen LogP) is 3.32. The van der Waals surface area contributed by atoms with Gasteiger partial charge in [0.15, 0.2) is 0 Å². The van der Waals surface area contributed by atoms with E-state index in [0.29, 0.717) is 5.69 Å². The highest BCUT2D eigenvalue weighted by Crippen LogP contribution is 2.25. The Balaban J connectivity index is 1.56. The lowest BCUT2D eigenvalue weighted by molar-refractivity contribution is 0.0914. The molecule has 3 N–H and O–H groups in total. The molecule has 1 unspecified atom stereocenters. The summed E-state index contributed by atoms with van der Waals surface area (Å²) in [5.41, 5.74) is 4.08. The molecule has 3 heterocycles. The zero-order chi connectivity index (χ0) is 20.6. The number of nitrogens with zero attached hydrogens (tertiary/aromatic N) is 2. The average molecular weight is 393 g/mol. The molecule has 1 aliphatic rings. The number of hydrogen-bond acceptors (Lipinski definition) is 4. The first-order chi connectivity index (χ1) is 13.8. The Labute approximate surface area is 171 Å². The Hall–Kier alpha value is -2.70. The van der Waals surface area contributed by atoms with Crippen LogP contribution in [-0.4, -0.2) is 50.6 Å². The third kappa shape index (κ3) is 4.66. The van der Waals surface area contributed by atoms with Gasteiger partial charge in [-0.2, -0.15) is 0 Å². The lowest BCUT2D eigenvalue weighted by atomic mass is 10.1. The molecule has 0 aliphatic carbocycles. The van der Waals surface area contributed by atoms with Crippen LogP contribution in [0.3, 0.4) is 0 Å². The fourth-order valence-electron chi connectivity index (χ4n) is 3.76. The van der Waals surface area contributed by atoms with Crippen molar-refractivity contribution in [2.24, 2.45) is 0 Å². The van der Waals surface area contributed by atoms with Crippen LogP contribution < -0.4 is 5.32 Å². The molecular weight excluding hydrogens is 364 g/mol. The second kappa shape index (κ2) is 7.61. The third-order valence-corrected chi connectivity index (χ3v) is 5.08. The molecule has 4 rings (SSSR count). The van der Waals surface area contributed by atoms with Crippen LogP contribution >= 0.6 is 0 Å². The van der Waals surface area contributed by atoms with Crippen LogP contribution in [0, 0.1) is 0 Å². The van der Waals surface area contributed by atoms with Crippen LogP contribution in [0.5, 0.6) is 0 Å². The second-order valence-corrected chi connectivity index (χ2v) is 8.89. The van der Waals surface area contributed by atoms with Gasteiger partial charge in [0.05, 0.1) is 11.8 Å². The van der Waals surface area contributed by atoms with Gasteiger partial charge in [-0.1, -0.05) is 12.1 Å². The lowest BCUT2D eigenvalue weighted by Gasteiger charge is -2.20. The monoisotopic (exact) mass is 392 g/mol. The molecule has 29 heavy (non-hydrogen) atoms. The first-order valence-corrected chi connectivity index (χ1v) is 10.1. The number of fused-ring (bicyclic) bond motifs is 1. The number of carbonyl (C=O) groups excluding carboxylic acids is 1. The van der Waals surface area contributed by atoms with Crippen LogP contribution in [0.15, 0.2) is 42.5 Å². The van der Waals surface area contributed by atoms with Crippen molar-refractivity contribution in [1.82, 2.24) is 20.2 Å². The Bertz CT molecular complexity index is 1030. The minimum absolute atomic E-state index is 0.169. The number of H-pyrrole nitrogens is 1. The van der Waals surface area contributed by atoms with E-state index in [1.165, 1.54) is 0 Å². The molecule has 3 aromatic rings. The van der Waals surface area contributed by atoms with Gasteiger partial charge in [-0.25, -0.2) is 4.98 Å². The molecule has 6 heteroatoms. The van der Waals surface area contributed by atoms with Gasteiger partial charge in [-0.3, -0.25) is 9.69 Å². The summed E-state index contributed by atoms with van der Waals surface area (Å²) in [6.07, 6.45) is 0.634. The van der Waals surface area contributed by atoms with Crippen molar-refractivity contribution in [3.63, 3.8) is 0 Å². The van der Waals surface area contributed by atoms with E-state index >= 15 is 0 Å². The van der Waals surface area contributed by atoms with E-state index in [0.717, 1.165) is 53.9 Å². The Morgan fingerprint density at radius 2 is 2.10 bits per heavy atom.